The summed E-state index contributed by atoms with van der Waals surface area (Å²) in [5, 5.41) is 15.6. The Morgan fingerprint density at radius 2 is 1.40 bits per heavy atom. The molecule has 1 aromatic heterocycles. The van der Waals surface area contributed by atoms with Crippen LogP contribution in [0.4, 0.5) is 0 Å². The van der Waals surface area contributed by atoms with Crippen molar-refractivity contribution in [2.75, 3.05) is 0 Å². The van der Waals surface area contributed by atoms with Gasteiger partial charge in [-0.3, -0.25) is 5.10 Å². The molecule has 0 aliphatic heterocycles. The number of rotatable bonds is 1. The topological polar surface area (TPSA) is 66.0 Å². The fraction of sp³-hybridized carbons (Fsp3) is 0.0476. The van der Waals surface area contributed by atoms with Crippen molar-refractivity contribution in [2.45, 2.75) is 6.42 Å². The summed E-state index contributed by atoms with van der Waals surface area (Å²) in [5.74, 6) is -1.01. The zero-order valence-electron chi connectivity index (χ0n) is 13.4. The van der Waals surface area contributed by atoms with E-state index in [1.165, 1.54) is 22.3 Å². The Labute approximate surface area is 144 Å². The largest absolute Gasteiger partial charge is 0.476 e. The van der Waals surface area contributed by atoms with E-state index in [1.807, 2.05) is 6.07 Å². The van der Waals surface area contributed by atoms with Gasteiger partial charge in [0, 0.05) is 5.39 Å². The molecule has 0 amide bonds. The van der Waals surface area contributed by atoms with Crippen molar-refractivity contribution in [1.29, 1.82) is 0 Å². The van der Waals surface area contributed by atoms with Gasteiger partial charge < -0.3 is 5.11 Å². The highest BCUT2D eigenvalue weighted by Crippen LogP contribution is 2.35. The third-order valence-corrected chi connectivity index (χ3v) is 4.38. The summed E-state index contributed by atoms with van der Waals surface area (Å²) in [6, 6.07) is 24.4. The first-order valence-electron chi connectivity index (χ1n) is 8.06. The lowest BCUT2D eigenvalue weighted by Gasteiger charge is -1.98. The SMILES string of the molecule is O=C(O)c1n[nH]c2ccccc12.c1ccc2c(c1)Cc1ccccc1-2. The number of nitrogens with one attached hydrogen (secondary N) is 1. The van der Waals surface area contributed by atoms with Gasteiger partial charge in [0.05, 0.1) is 5.52 Å². The van der Waals surface area contributed by atoms with Crippen LogP contribution < -0.4 is 0 Å². The number of carboxylic acid groups (broad SMARTS) is 1. The number of carboxylic acids is 1. The molecule has 0 radical (unpaired) electrons. The second kappa shape index (κ2) is 6.24. The van der Waals surface area contributed by atoms with Crippen molar-refractivity contribution < 1.29 is 9.90 Å². The second-order valence-electron chi connectivity index (χ2n) is 5.91. The van der Waals surface area contributed by atoms with E-state index in [9.17, 15) is 4.79 Å². The number of aromatic amines is 1. The van der Waals surface area contributed by atoms with Crippen LogP contribution in [0.5, 0.6) is 0 Å². The third-order valence-electron chi connectivity index (χ3n) is 4.38. The predicted octanol–water partition coefficient (Wildman–Crippen LogP) is 4.52. The summed E-state index contributed by atoms with van der Waals surface area (Å²) in [5.41, 5.74) is 6.57. The van der Waals surface area contributed by atoms with E-state index in [-0.39, 0.29) is 5.69 Å². The average molecular weight is 328 g/mol. The quantitative estimate of drug-likeness (QED) is 0.475. The molecule has 0 saturated heterocycles. The maximum absolute atomic E-state index is 10.6. The lowest BCUT2D eigenvalue weighted by atomic mass is 10.1. The highest BCUT2D eigenvalue weighted by atomic mass is 16.4. The Balaban J connectivity index is 0.000000126. The molecule has 4 aromatic rings. The zero-order chi connectivity index (χ0) is 17.2. The van der Waals surface area contributed by atoms with Crippen molar-refractivity contribution in [2.24, 2.45) is 0 Å². The number of fused-ring (bicyclic) bond motifs is 4. The molecule has 0 fully saturated rings. The Kier molecular flexibility index (Phi) is 3.78. The molecule has 2 N–H and O–H groups in total. The maximum atomic E-state index is 10.6. The van der Waals surface area contributed by atoms with Gasteiger partial charge in [-0.25, -0.2) is 4.79 Å². The van der Waals surface area contributed by atoms with Crippen molar-refractivity contribution >= 4 is 16.9 Å². The molecule has 0 atom stereocenters. The number of para-hydroxylation sites is 1. The van der Waals surface area contributed by atoms with Crippen molar-refractivity contribution in [3.05, 3.63) is 89.6 Å². The monoisotopic (exact) mass is 328 g/mol. The third kappa shape index (κ3) is 2.78. The fourth-order valence-corrected chi connectivity index (χ4v) is 3.21. The van der Waals surface area contributed by atoms with Crippen LogP contribution in [0, 0.1) is 0 Å². The number of benzene rings is 3. The number of H-pyrrole nitrogens is 1. The van der Waals surface area contributed by atoms with E-state index in [0.717, 1.165) is 11.9 Å². The molecule has 0 spiro atoms. The summed E-state index contributed by atoms with van der Waals surface area (Å²) in [4.78, 5) is 10.6. The van der Waals surface area contributed by atoms with Gasteiger partial charge in [-0.2, -0.15) is 5.10 Å². The molecule has 4 heteroatoms. The van der Waals surface area contributed by atoms with Crippen LogP contribution in [0.15, 0.2) is 72.8 Å². The van der Waals surface area contributed by atoms with Crippen LogP contribution >= 0.6 is 0 Å². The Morgan fingerprint density at radius 3 is 2.04 bits per heavy atom. The molecular formula is C21H16N2O2. The van der Waals surface area contributed by atoms with Crippen molar-refractivity contribution in [3.8, 4) is 11.1 Å². The standard InChI is InChI=1S/C13H10.C8H6N2O2/c1-3-7-12-10(5-1)9-11-6-2-4-8-13(11)12;11-8(12)7-5-3-1-2-4-6(5)9-10-7/h1-8H,9H2;1-4H,(H,9,10)(H,11,12). The lowest BCUT2D eigenvalue weighted by Crippen LogP contribution is -1.96. The van der Waals surface area contributed by atoms with Gasteiger partial charge in [0.25, 0.3) is 0 Å². The van der Waals surface area contributed by atoms with Gasteiger partial charge in [0.2, 0.25) is 0 Å². The van der Waals surface area contributed by atoms with Crippen LogP contribution in [0.1, 0.15) is 21.6 Å². The first-order valence-corrected chi connectivity index (χ1v) is 8.06. The molecule has 0 bridgehead atoms. The molecule has 1 aliphatic rings. The van der Waals surface area contributed by atoms with E-state index in [1.54, 1.807) is 18.2 Å². The molecule has 25 heavy (non-hydrogen) atoms. The van der Waals surface area contributed by atoms with E-state index in [2.05, 4.69) is 58.7 Å². The van der Waals surface area contributed by atoms with Crippen LogP contribution in [0.25, 0.3) is 22.0 Å². The van der Waals surface area contributed by atoms with E-state index in [4.69, 9.17) is 5.11 Å². The van der Waals surface area contributed by atoms with Crippen LogP contribution in [-0.2, 0) is 6.42 Å². The predicted molar refractivity (Wildman–Crippen MR) is 97.7 cm³/mol. The molecule has 1 aliphatic carbocycles. The van der Waals surface area contributed by atoms with Crippen molar-refractivity contribution in [3.63, 3.8) is 0 Å². The highest BCUT2D eigenvalue weighted by molar-refractivity contribution is 6.00. The van der Waals surface area contributed by atoms with Crippen LogP contribution in [0.2, 0.25) is 0 Å². The number of hydrogen-bond acceptors (Lipinski definition) is 2. The molecule has 0 saturated carbocycles. The highest BCUT2D eigenvalue weighted by Gasteiger charge is 2.15. The Hall–Kier alpha value is -3.40. The second-order valence-corrected chi connectivity index (χ2v) is 5.91. The Morgan fingerprint density at radius 1 is 0.840 bits per heavy atom. The molecular weight excluding hydrogens is 312 g/mol. The Bertz CT molecular complexity index is 1020. The molecule has 5 rings (SSSR count). The minimum Gasteiger partial charge on any atom is -0.476 e. The van der Waals surface area contributed by atoms with Crippen LogP contribution in [0.3, 0.4) is 0 Å². The normalized spacial score (nSPS) is 11.4. The summed E-state index contributed by atoms with van der Waals surface area (Å²) in [6.45, 7) is 0. The molecule has 1 heterocycles. The van der Waals surface area contributed by atoms with Gasteiger partial charge in [0.1, 0.15) is 0 Å². The molecule has 3 aromatic carbocycles. The number of hydrogen-bond donors (Lipinski definition) is 2. The maximum Gasteiger partial charge on any atom is 0.357 e. The lowest BCUT2D eigenvalue weighted by molar-refractivity contribution is 0.0692. The first-order chi connectivity index (χ1) is 12.2. The van der Waals surface area contributed by atoms with E-state index >= 15 is 0 Å². The van der Waals surface area contributed by atoms with E-state index < -0.39 is 5.97 Å². The van der Waals surface area contributed by atoms with Gasteiger partial charge in [-0.05, 0) is 34.7 Å². The average Bonchev–Trinajstić information content (AvgIpc) is 3.24. The summed E-state index contributed by atoms with van der Waals surface area (Å²) in [6.07, 6.45) is 1.10. The number of aromatic nitrogens is 2. The van der Waals surface area contributed by atoms with Gasteiger partial charge >= 0.3 is 5.97 Å². The number of nitrogens with zero attached hydrogens (tertiary/aromatic N) is 1. The van der Waals surface area contributed by atoms with Gasteiger partial charge in [-0.15, -0.1) is 0 Å². The van der Waals surface area contributed by atoms with E-state index in [0.29, 0.717) is 5.39 Å². The van der Waals surface area contributed by atoms with Gasteiger partial charge in [0.15, 0.2) is 5.69 Å². The van der Waals surface area contributed by atoms with Crippen molar-refractivity contribution in [1.82, 2.24) is 10.2 Å². The number of carbonyl (C=O) groups is 1. The molecule has 4 nitrogen and oxygen atoms in total. The summed E-state index contributed by atoms with van der Waals surface area (Å²) < 4.78 is 0. The minimum absolute atomic E-state index is 0.0746. The fourth-order valence-electron chi connectivity index (χ4n) is 3.21. The van der Waals surface area contributed by atoms with Gasteiger partial charge in [-0.1, -0.05) is 66.7 Å². The zero-order valence-corrected chi connectivity index (χ0v) is 13.4. The minimum atomic E-state index is -1.01. The summed E-state index contributed by atoms with van der Waals surface area (Å²) in [7, 11) is 0. The first kappa shape index (κ1) is 15.1. The van der Waals surface area contributed by atoms with Crippen LogP contribution in [-0.4, -0.2) is 21.3 Å². The number of aromatic carboxylic acids is 1. The molecule has 122 valence electrons. The smallest absolute Gasteiger partial charge is 0.357 e. The summed E-state index contributed by atoms with van der Waals surface area (Å²) >= 11 is 0. The molecule has 0 unspecified atom stereocenters.